The van der Waals surface area contributed by atoms with E-state index in [0.29, 0.717) is 0 Å². The van der Waals surface area contributed by atoms with Crippen molar-refractivity contribution in [3.05, 3.63) is 30.1 Å². The summed E-state index contributed by atoms with van der Waals surface area (Å²) in [6.45, 7) is 0. The van der Waals surface area contributed by atoms with Crippen LogP contribution in [0.4, 0.5) is 0 Å². The van der Waals surface area contributed by atoms with Gasteiger partial charge in [-0.2, -0.15) is 0 Å². The summed E-state index contributed by atoms with van der Waals surface area (Å²) < 4.78 is 0. The second kappa shape index (κ2) is 3.71. The van der Waals surface area contributed by atoms with E-state index in [0.717, 1.165) is 5.56 Å². The third-order valence-corrected chi connectivity index (χ3v) is 1.27. The molecule has 1 aromatic heterocycles. The molecule has 0 amide bonds. The number of nitrogens with two attached hydrogens (primary N) is 1. The number of hydrogen-bond donors (Lipinski definition) is 1. The summed E-state index contributed by atoms with van der Waals surface area (Å²) in [4.78, 5) is 8.38. The van der Waals surface area contributed by atoms with Gasteiger partial charge in [-0.15, -0.1) is 6.42 Å². The fourth-order valence-electron chi connectivity index (χ4n) is 0.745. The molecular formula is C8H8N2O. The molecule has 0 aromatic carbocycles. The Morgan fingerprint density at radius 1 is 1.73 bits per heavy atom. The number of hydrogen-bond acceptors (Lipinski definition) is 3. The third-order valence-electron chi connectivity index (χ3n) is 1.27. The SMILES string of the molecule is C#CC(ON)c1cccnc1. The summed E-state index contributed by atoms with van der Waals surface area (Å²) in [5.41, 5.74) is 0.789. The summed E-state index contributed by atoms with van der Waals surface area (Å²) in [5.74, 6) is 7.33. The van der Waals surface area contributed by atoms with Crippen molar-refractivity contribution >= 4 is 0 Å². The van der Waals surface area contributed by atoms with Crippen molar-refractivity contribution in [1.82, 2.24) is 4.98 Å². The predicted molar refractivity (Wildman–Crippen MR) is 41.1 cm³/mol. The molecule has 1 aromatic rings. The van der Waals surface area contributed by atoms with Gasteiger partial charge in [0.05, 0.1) is 0 Å². The number of aromatic nitrogens is 1. The Kier molecular flexibility index (Phi) is 2.61. The van der Waals surface area contributed by atoms with Gasteiger partial charge < -0.3 is 0 Å². The Hall–Kier alpha value is -1.37. The molecule has 0 aliphatic carbocycles. The van der Waals surface area contributed by atoms with Gasteiger partial charge >= 0.3 is 0 Å². The van der Waals surface area contributed by atoms with Crippen LogP contribution < -0.4 is 5.90 Å². The minimum Gasteiger partial charge on any atom is -0.283 e. The summed E-state index contributed by atoms with van der Waals surface area (Å²) in [6, 6.07) is 3.59. The van der Waals surface area contributed by atoms with Crippen molar-refractivity contribution < 1.29 is 4.84 Å². The maximum absolute atomic E-state index is 5.13. The standard InChI is InChI=1S/C8H8N2O/c1-2-8(11-9)7-4-3-5-10-6-7/h1,3-6,8H,9H2. The zero-order valence-electron chi connectivity index (χ0n) is 5.90. The molecule has 0 aliphatic heterocycles. The average Bonchev–Trinajstić information content (AvgIpc) is 2.09. The second-order valence-electron chi connectivity index (χ2n) is 1.97. The van der Waals surface area contributed by atoms with Crippen molar-refractivity contribution in [2.75, 3.05) is 0 Å². The van der Waals surface area contributed by atoms with E-state index in [1.165, 1.54) is 0 Å². The molecule has 1 atom stereocenters. The highest BCUT2D eigenvalue weighted by Gasteiger charge is 2.05. The molecular weight excluding hydrogens is 140 g/mol. The predicted octanol–water partition coefficient (Wildman–Crippen LogP) is 0.646. The van der Waals surface area contributed by atoms with Crippen LogP contribution in [0.1, 0.15) is 11.7 Å². The molecule has 0 saturated heterocycles. The Morgan fingerprint density at radius 3 is 3.00 bits per heavy atom. The van der Waals surface area contributed by atoms with Crippen LogP contribution in [0.2, 0.25) is 0 Å². The van der Waals surface area contributed by atoms with Gasteiger partial charge in [-0.05, 0) is 6.07 Å². The molecule has 1 unspecified atom stereocenters. The Balaban J connectivity index is 2.85. The zero-order chi connectivity index (χ0) is 8.10. The zero-order valence-corrected chi connectivity index (χ0v) is 5.90. The first kappa shape index (κ1) is 7.73. The van der Waals surface area contributed by atoms with Gasteiger partial charge in [0.25, 0.3) is 0 Å². The van der Waals surface area contributed by atoms with Crippen molar-refractivity contribution in [3.63, 3.8) is 0 Å². The minimum absolute atomic E-state index is 0.497. The fraction of sp³-hybridized carbons (Fsp3) is 0.125. The monoisotopic (exact) mass is 148 g/mol. The average molecular weight is 148 g/mol. The number of pyridine rings is 1. The van der Waals surface area contributed by atoms with Crippen LogP contribution in [0.3, 0.4) is 0 Å². The first-order valence-electron chi connectivity index (χ1n) is 3.10. The Bertz CT molecular complexity index is 253. The van der Waals surface area contributed by atoms with Crippen LogP contribution in [-0.2, 0) is 4.84 Å². The molecule has 56 valence electrons. The first-order valence-corrected chi connectivity index (χ1v) is 3.10. The van der Waals surface area contributed by atoms with Gasteiger partial charge in [0, 0.05) is 18.0 Å². The molecule has 1 rings (SSSR count). The van der Waals surface area contributed by atoms with Crippen LogP contribution >= 0.6 is 0 Å². The highest BCUT2D eigenvalue weighted by atomic mass is 16.6. The quantitative estimate of drug-likeness (QED) is 0.494. The first-order chi connectivity index (χ1) is 5.38. The molecule has 2 N–H and O–H groups in total. The van der Waals surface area contributed by atoms with E-state index < -0.39 is 6.10 Å². The van der Waals surface area contributed by atoms with Gasteiger partial charge in [-0.25, -0.2) is 5.90 Å². The Morgan fingerprint density at radius 2 is 2.55 bits per heavy atom. The lowest BCUT2D eigenvalue weighted by Gasteiger charge is -2.05. The molecule has 0 fully saturated rings. The molecule has 0 aliphatic rings. The van der Waals surface area contributed by atoms with Crippen molar-refractivity contribution in [2.45, 2.75) is 6.10 Å². The maximum atomic E-state index is 5.13. The lowest BCUT2D eigenvalue weighted by Crippen LogP contribution is -2.06. The molecule has 3 nitrogen and oxygen atoms in total. The van der Waals surface area contributed by atoms with Crippen molar-refractivity contribution in [2.24, 2.45) is 5.90 Å². The number of nitrogens with zero attached hydrogens (tertiary/aromatic N) is 1. The minimum atomic E-state index is -0.497. The molecule has 0 saturated carbocycles. The number of rotatable bonds is 2. The third kappa shape index (κ3) is 1.77. The lowest BCUT2D eigenvalue weighted by molar-refractivity contribution is 0.0933. The highest BCUT2D eigenvalue weighted by Crippen LogP contribution is 2.11. The van der Waals surface area contributed by atoms with Crippen molar-refractivity contribution in [1.29, 1.82) is 0 Å². The maximum Gasteiger partial charge on any atom is 0.165 e. The number of terminal acetylenes is 1. The van der Waals surface area contributed by atoms with E-state index in [9.17, 15) is 0 Å². The highest BCUT2D eigenvalue weighted by molar-refractivity contribution is 5.19. The molecule has 1 heterocycles. The van der Waals surface area contributed by atoms with E-state index in [2.05, 4.69) is 15.7 Å². The summed E-state index contributed by atoms with van der Waals surface area (Å²) in [7, 11) is 0. The van der Waals surface area contributed by atoms with E-state index in [1.807, 2.05) is 6.07 Å². The van der Waals surface area contributed by atoms with Crippen molar-refractivity contribution in [3.8, 4) is 12.3 Å². The molecule has 0 bridgehead atoms. The van der Waals surface area contributed by atoms with Crippen LogP contribution in [0.25, 0.3) is 0 Å². The van der Waals surface area contributed by atoms with Gasteiger partial charge in [-0.3, -0.25) is 9.82 Å². The van der Waals surface area contributed by atoms with Gasteiger partial charge in [0.1, 0.15) is 0 Å². The summed E-state index contributed by atoms with van der Waals surface area (Å²) in [6.07, 6.45) is 7.92. The van der Waals surface area contributed by atoms with Gasteiger partial charge in [-0.1, -0.05) is 12.0 Å². The lowest BCUT2D eigenvalue weighted by atomic mass is 10.2. The largest absolute Gasteiger partial charge is 0.283 e. The van der Waals surface area contributed by atoms with E-state index in [-0.39, 0.29) is 0 Å². The molecule has 3 heteroatoms. The molecule has 0 radical (unpaired) electrons. The fourth-order valence-corrected chi connectivity index (χ4v) is 0.745. The summed E-state index contributed by atoms with van der Waals surface area (Å²) in [5, 5.41) is 0. The molecule has 11 heavy (non-hydrogen) atoms. The van der Waals surface area contributed by atoms with E-state index >= 15 is 0 Å². The van der Waals surface area contributed by atoms with Crippen LogP contribution in [0.15, 0.2) is 24.5 Å². The normalized spacial score (nSPS) is 12.0. The molecule has 0 spiro atoms. The van der Waals surface area contributed by atoms with Crippen LogP contribution in [0.5, 0.6) is 0 Å². The smallest absolute Gasteiger partial charge is 0.165 e. The van der Waals surface area contributed by atoms with Gasteiger partial charge in [0.15, 0.2) is 6.10 Å². The second-order valence-corrected chi connectivity index (χ2v) is 1.97. The van der Waals surface area contributed by atoms with Gasteiger partial charge in [0.2, 0.25) is 0 Å². The van der Waals surface area contributed by atoms with Crippen LogP contribution in [-0.4, -0.2) is 4.98 Å². The Labute approximate surface area is 65.2 Å². The van der Waals surface area contributed by atoms with E-state index in [1.54, 1.807) is 18.5 Å². The summed E-state index contributed by atoms with van der Waals surface area (Å²) >= 11 is 0. The van der Waals surface area contributed by atoms with Crippen LogP contribution in [0, 0.1) is 12.3 Å². The topological polar surface area (TPSA) is 48.1 Å². The van der Waals surface area contributed by atoms with E-state index in [4.69, 9.17) is 12.3 Å².